The Labute approximate surface area is 121 Å². The van der Waals surface area contributed by atoms with Gasteiger partial charge in [-0.3, -0.25) is 0 Å². The lowest BCUT2D eigenvalue weighted by molar-refractivity contribution is 0.173. The monoisotopic (exact) mass is 270 g/mol. The predicted molar refractivity (Wildman–Crippen MR) is 82.4 cm³/mol. The lowest BCUT2D eigenvalue weighted by atomic mass is 10.1. The minimum atomic E-state index is -0.397. The Bertz CT molecular complexity index is 585. The van der Waals surface area contributed by atoms with Crippen LogP contribution in [-0.2, 0) is 0 Å². The summed E-state index contributed by atoms with van der Waals surface area (Å²) in [7, 11) is 0. The van der Waals surface area contributed by atoms with E-state index in [2.05, 4.69) is 32.9 Å². The largest absolute Gasteiger partial charge is 0.457 e. The highest BCUT2D eigenvalue weighted by molar-refractivity contribution is 5.47. The number of hydrogen-bond acceptors (Lipinski definition) is 2. The molecule has 106 valence electrons. The summed E-state index contributed by atoms with van der Waals surface area (Å²) in [5, 5.41) is 9.79. The molecule has 0 aromatic heterocycles. The van der Waals surface area contributed by atoms with E-state index in [0.717, 1.165) is 29.0 Å². The zero-order valence-corrected chi connectivity index (χ0v) is 12.6. The third-order valence-corrected chi connectivity index (χ3v) is 3.75. The van der Waals surface area contributed by atoms with E-state index in [4.69, 9.17) is 4.74 Å². The van der Waals surface area contributed by atoms with E-state index in [9.17, 15) is 5.11 Å². The third-order valence-electron chi connectivity index (χ3n) is 3.75. The molecule has 0 aliphatic heterocycles. The van der Waals surface area contributed by atoms with E-state index in [0.29, 0.717) is 0 Å². The van der Waals surface area contributed by atoms with Crippen molar-refractivity contribution in [2.75, 3.05) is 0 Å². The van der Waals surface area contributed by atoms with Gasteiger partial charge >= 0.3 is 0 Å². The summed E-state index contributed by atoms with van der Waals surface area (Å²) in [5.74, 6) is 1.72. The number of aliphatic hydroxyl groups is 1. The summed E-state index contributed by atoms with van der Waals surface area (Å²) in [6.45, 7) is 8.18. The van der Waals surface area contributed by atoms with Crippen LogP contribution in [0.15, 0.2) is 36.4 Å². The quantitative estimate of drug-likeness (QED) is 0.860. The molecule has 0 heterocycles. The first-order valence-electron chi connectivity index (χ1n) is 7.05. The van der Waals surface area contributed by atoms with E-state index >= 15 is 0 Å². The standard InChI is InChI=1S/C18H22O2/c1-5-17(19)15-8-10-16(11-9-15)20-18-13(3)7-6-12(2)14(18)4/h6-11,17,19H,5H2,1-4H3/t17-/m0/s1. The lowest BCUT2D eigenvalue weighted by Gasteiger charge is -2.14. The lowest BCUT2D eigenvalue weighted by Crippen LogP contribution is -1.96. The zero-order chi connectivity index (χ0) is 14.7. The van der Waals surface area contributed by atoms with Gasteiger partial charge in [0.15, 0.2) is 0 Å². The first-order valence-corrected chi connectivity index (χ1v) is 7.05. The Balaban J connectivity index is 2.25. The van der Waals surface area contributed by atoms with Gasteiger partial charge in [-0.1, -0.05) is 31.2 Å². The van der Waals surface area contributed by atoms with Crippen LogP contribution in [-0.4, -0.2) is 5.11 Å². The number of rotatable bonds is 4. The SMILES string of the molecule is CC[C@H](O)c1ccc(Oc2c(C)ccc(C)c2C)cc1. The number of hydrogen-bond donors (Lipinski definition) is 1. The molecule has 0 saturated carbocycles. The first kappa shape index (κ1) is 14.6. The van der Waals surface area contributed by atoms with Gasteiger partial charge in [0.25, 0.3) is 0 Å². The van der Waals surface area contributed by atoms with E-state index in [-0.39, 0.29) is 0 Å². The fraction of sp³-hybridized carbons (Fsp3) is 0.333. The molecule has 0 spiro atoms. The number of benzene rings is 2. The molecule has 2 aromatic carbocycles. The van der Waals surface area contributed by atoms with Crippen molar-refractivity contribution in [3.63, 3.8) is 0 Å². The van der Waals surface area contributed by atoms with E-state index < -0.39 is 6.10 Å². The van der Waals surface area contributed by atoms with Crippen molar-refractivity contribution < 1.29 is 9.84 Å². The first-order chi connectivity index (χ1) is 9.52. The Hall–Kier alpha value is -1.80. The average Bonchev–Trinajstić information content (AvgIpc) is 2.47. The molecule has 0 saturated heterocycles. The fourth-order valence-corrected chi connectivity index (χ4v) is 2.19. The van der Waals surface area contributed by atoms with Gasteiger partial charge in [-0.15, -0.1) is 0 Å². The molecule has 2 heteroatoms. The smallest absolute Gasteiger partial charge is 0.133 e. The summed E-state index contributed by atoms with van der Waals surface area (Å²) >= 11 is 0. The van der Waals surface area contributed by atoms with Crippen LogP contribution < -0.4 is 4.74 Å². The molecule has 0 unspecified atom stereocenters. The molecule has 2 aromatic rings. The molecule has 0 amide bonds. The van der Waals surface area contributed by atoms with Crippen LogP contribution in [0.5, 0.6) is 11.5 Å². The van der Waals surface area contributed by atoms with Crippen molar-refractivity contribution in [3.8, 4) is 11.5 Å². The minimum absolute atomic E-state index is 0.397. The van der Waals surface area contributed by atoms with Gasteiger partial charge in [-0.05, 0) is 61.6 Å². The second-order valence-electron chi connectivity index (χ2n) is 5.25. The van der Waals surface area contributed by atoms with Crippen LogP contribution in [0.3, 0.4) is 0 Å². The van der Waals surface area contributed by atoms with E-state index in [1.54, 1.807) is 0 Å². The van der Waals surface area contributed by atoms with Crippen LogP contribution in [0, 0.1) is 20.8 Å². The van der Waals surface area contributed by atoms with Gasteiger partial charge in [0.1, 0.15) is 11.5 Å². The number of aryl methyl sites for hydroxylation is 2. The highest BCUT2D eigenvalue weighted by Crippen LogP contribution is 2.31. The molecule has 2 nitrogen and oxygen atoms in total. The van der Waals surface area contributed by atoms with Gasteiger partial charge in [0.2, 0.25) is 0 Å². The molecule has 1 N–H and O–H groups in total. The predicted octanol–water partition coefficient (Wildman–Crippen LogP) is 4.85. The maximum atomic E-state index is 9.79. The van der Waals surface area contributed by atoms with Crippen LogP contribution in [0.4, 0.5) is 0 Å². The maximum Gasteiger partial charge on any atom is 0.133 e. The highest BCUT2D eigenvalue weighted by Gasteiger charge is 2.09. The zero-order valence-electron chi connectivity index (χ0n) is 12.6. The molecule has 1 atom stereocenters. The van der Waals surface area contributed by atoms with Gasteiger partial charge < -0.3 is 9.84 Å². The second kappa shape index (κ2) is 6.10. The molecule has 0 aliphatic rings. The second-order valence-corrected chi connectivity index (χ2v) is 5.25. The Kier molecular flexibility index (Phi) is 4.46. The van der Waals surface area contributed by atoms with Gasteiger partial charge in [0, 0.05) is 0 Å². The molecule has 0 bridgehead atoms. The molecule has 0 aliphatic carbocycles. The van der Waals surface area contributed by atoms with Crippen molar-refractivity contribution in [2.24, 2.45) is 0 Å². The van der Waals surface area contributed by atoms with E-state index in [1.807, 2.05) is 31.2 Å². The van der Waals surface area contributed by atoms with Gasteiger partial charge in [-0.2, -0.15) is 0 Å². The van der Waals surface area contributed by atoms with Crippen molar-refractivity contribution in [1.82, 2.24) is 0 Å². The Morgan fingerprint density at radius 2 is 1.55 bits per heavy atom. The molecule has 0 radical (unpaired) electrons. The topological polar surface area (TPSA) is 29.5 Å². The molecular weight excluding hydrogens is 248 g/mol. The summed E-state index contributed by atoms with van der Waals surface area (Å²) in [6.07, 6.45) is 0.322. The normalized spacial score (nSPS) is 12.2. The maximum absolute atomic E-state index is 9.79. The fourth-order valence-electron chi connectivity index (χ4n) is 2.19. The summed E-state index contributed by atoms with van der Waals surface area (Å²) in [5.41, 5.74) is 4.45. The van der Waals surface area contributed by atoms with Crippen LogP contribution in [0.25, 0.3) is 0 Å². The average molecular weight is 270 g/mol. The van der Waals surface area contributed by atoms with Crippen molar-refractivity contribution in [1.29, 1.82) is 0 Å². The van der Waals surface area contributed by atoms with Crippen molar-refractivity contribution in [3.05, 3.63) is 58.7 Å². The summed E-state index contributed by atoms with van der Waals surface area (Å²) < 4.78 is 6.01. The van der Waals surface area contributed by atoms with E-state index in [1.165, 1.54) is 11.1 Å². The number of ether oxygens (including phenoxy) is 1. The number of aliphatic hydroxyl groups excluding tert-OH is 1. The summed E-state index contributed by atoms with van der Waals surface area (Å²) in [6, 6.07) is 11.9. The third kappa shape index (κ3) is 3.02. The Morgan fingerprint density at radius 1 is 0.950 bits per heavy atom. The Morgan fingerprint density at radius 3 is 2.15 bits per heavy atom. The van der Waals surface area contributed by atoms with Gasteiger partial charge in [-0.25, -0.2) is 0 Å². The molecule has 0 fully saturated rings. The molecular formula is C18H22O2. The highest BCUT2D eigenvalue weighted by atomic mass is 16.5. The van der Waals surface area contributed by atoms with Gasteiger partial charge in [0.05, 0.1) is 6.10 Å². The molecule has 2 rings (SSSR count). The van der Waals surface area contributed by atoms with Crippen molar-refractivity contribution in [2.45, 2.75) is 40.2 Å². The van der Waals surface area contributed by atoms with Crippen LogP contribution >= 0.6 is 0 Å². The summed E-state index contributed by atoms with van der Waals surface area (Å²) in [4.78, 5) is 0. The van der Waals surface area contributed by atoms with Crippen LogP contribution in [0.2, 0.25) is 0 Å². The van der Waals surface area contributed by atoms with Crippen molar-refractivity contribution >= 4 is 0 Å². The molecule has 20 heavy (non-hydrogen) atoms. The van der Waals surface area contributed by atoms with Crippen LogP contribution in [0.1, 0.15) is 41.7 Å². The minimum Gasteiger partial charge on any atom is -0.457 e.